The monoisotopic (exact) mass is 280 g/mol. The van der Waals surface area contributed by atoms with E-state index in [0.29, 0.717) is 29.5 Å². The molecule has 2 rings (SSSR count). The molecular formula is C14H20N2O2S. The zero-order valence-electron chi connectivity index (χ0n) is 11.1. The molecule has 1 aliphatic rings. The van der Waals surface area contributed by atoms with E-state index in [9.17, 15) is 4.79 Å². The third kappa shape index (κ3) is 4.06. The average molecular weight is 280 g/mol. The second kappa shape index (κ2) is 6.70. The van der Waals surface area contributed by atoms with Gasteiger partial charge < -0.3 is 15.8 Å². The molecule has 0 radical (unpaired) electrons. The summed E-state index contributed by atoms with van der Waals surface area (Å²) < 4.78 is 5.22. The molecule has 1 saturated heterocycles. The van der Waals surface area contributed by atoms with E-state index in [4.69, 9.17) is 10.5 Å². The zero-order chi connectivity index (χ0) is 13.7. The summed E-state index contributed by atoms with van der Waals surface area (Å²) in [5, 5.41) is 2.91. The molecule has 4 nitrogen and oxygen atoms in total. The number of hydrogen-bond acceptors (Lipinski definition) is 4. The first-order chi connectivity index (χ1) is 9.19. The number of ether oxygens (including phenoxy) is 1. The normalized spacial score (nSPS) is 16.1. The van der Waals surface area contributed by atoms with Gasteiger partial charge in [0.05, 0.1) is 12.8 Å². The number of rotatable bonds is 4. The highest BCUT2D eigenvalue weighted by molar-refractivity contribution is 7.99. The molecule has 1 amide bonds. The van der Waals surface area contributed by atoms with Crippen molar-refractivity contribution in [3.8, 4) is 5.75 Å². The highest BCUT2D eigenvalue weighted by atomic mass is 32.2. The number of hydrogen-bond donors (Lipinski definition) is 2. The first-order valence-corrected chi connectivity index (χ1v) is 7.65. The number of amides is 1. The largest absolute Gasteiger partial charge is 0.494 e. The molecule has 1 aromatic carbocycles. The molecule has 1 aliphatic heterocycles. The minimum absolute atomic E-state index is 0.0555. The summed E-state index contributed by atoms with van der Waals surface area (Å²) in [6.45, 7) is 0. The quantitative estimate of drug-likeness (QED) is 0.832. The van der Waals surface area contributed by atoms with E-state index in [1.54, 1.807) is 25.3 Å². The van der Waals surface area contributed by atoms with Crippen molar-refractivity contribution in [3.05, 3.63) is 18.2 Å². The van der Waals surface area contributed by atoms with Gasteiger partial charge in [-0.1, -0.05) is 0 Å². The molecule has 0 saturated carbocycles. The summed E-state index contributed by atoms with van der Waals surface area (Å²) in [7, 11) is 1.57. The molecular weight excluding hydrogens is 260 g/mol. The molecule has 0 aromatic heterocycles. The summed E-state index contributed by atoms with van der Waals surface area (Å²) in [5.41, 5.74) is 7.00. The summed E-state index contributed by atoms with van der Waals surface area (Å²) in [6, 6.07) is 5.25. The molecule has 5 heteroatoms. The van der Waals surface area contributed by atoms with Gasteiger partial charge in [0.1, 0.15) is 5.75 Å². The number of nitrogen functional groups attached to an aromatic ring is 1. The van der Waals surface area contributed by atoms with Crippen LogP contribution in [0.2, 0.25) is 0 Å². The van der Waals surface area contributed by atoms with Crippen molar-refractivity contribution in [1.82, 2.24) is 0 Å². The van der Waals surface area contributed by atoms with Gasteiger partial charge in [-0.2, -0.15) is 11.8 Å². The van der Waals surface area contributed by atoms with Crippen molar-refractivity contribution in [2.45, 2.75) is 19.3 Å². The Morgan fingerprint density at radius 3 is 2.89 bits per heavy atom. The van der Waals surface area contributed by atoms with E-state index in [0.717, 1.165) is 12.8 Å². The Balaban J connectivity index is 1.94. The molecule has 0 bridgehead atoms. The smallest absolute Gasteiger partial charge is 0.224 e. The molecule has 0 atom stereocenters. The second-order valence-corrected chi connectivity index (χ2v) is 5.99. The first kappa shape index (κ1) is 14.1. The molecule has 1 aromatic rings. The predicted octanol–water partition coefficient (Wildman–Crippen LogP) is 2.75. The Bertz CT molecular complexity index is 445. The van der Waals surface area contributed by atoms with Gasteiger partial charge in [0.2, 0.25) is 5.91 Å². The maximum absolute atomic E-state index is 12.0. The Hall–Kier alpha value is -1.36. The Kier molecular flexibility index (Phi) is 4.96. The van der Waals surface area contributed by atoms with Crippen molar-refractivity contribution in [2.24, 2.45) is 5.92 Å². The Morgan fingerprint density at radius 1 is 1.47 bits per heavy atom. The third-order valence-corrected chi connectivity index (χ3v) is 4.36. The lowest BCUT2D eigenvalue weighted by Gasteiger charge is -2.21. The second-order valence-electron chi connectivity index (χ2n) is 4.77. The molecule has 1 fully saturated rings. The van der Waals surface area contributed by atoms with Gasteiger partial charge in [-0.15, -0.1) is 0 Å². The van der Waals surface area contributed by atoms with Gasteiger partial charge in [-0.25, -0.2) is 0 Å². The number of benzene rings is 1. The maximum Gasteiger partial charge on any atom is 0.224 e. The Morgan fingerprint density at radius 2 is 2.21 bits per heavy atom. The van der Waals surface area contributed by atoms with Crippen molar-refractivity contribution in [1.29, 1.82) is 0 Å². The van der Waals surface area contributed by atoms with Gasteiger partial charge >= 0.3 is 0 Å². The lowest BCUT2D eigenvalue weighted by atomic mass is 9.98. The van der Waals surface area contributed by atoms with Crippen LogP contribution in [-0.4, -0.2) is 24.5 Å². The zero-order valence-corrected chi connectivity index (χ0v) is 12.0. The molecule has 1 heterocycles. The third-order valence-electron chi connectivity index (χ3n) is 3.31. The van der Waals surface area contributed by atoms with Crippen LogP contribution >= 0.6 is 11.8 Å². The van der Waals surface area contributed by atoms with Crippen LogP contribution in [0.1, 0.15) is 19.3 Å². The summed E-state index contributed by atoms with van der Waals surface area (Å²) in [6.07, 6.45) is 2.86. The van der Waals surface area contributed by atoms with Crippen molar-refractivity contribution < 1.29 is 9.53 Å². The van der Waals surface area contributed by atoms with Gasteiger partial charge in [0.15, 0.2) is 0 Å². The first-order valence-electron chi connectivity index (χ1n) is 6.50. The van der Waals surface area contributed by atoms with Gasteiger partial charge in [0, 0.05) is 18.2 Å². The lowest BCUT2D eigenvalue weighted by molar-refractivity contribution is -0.117. The molecule has 3 N–H and O–H groups in total. The number of anilines is 2. The Labute approximate surface area is 118 Å². The fourth-order valence-corrected chi connectivity index (χ4v) is 3.43. The lowest BCUT2D eigenvalue weighted by Crippen LogP contribution is -2.19. The number of methoxy groups -OCH3 is 1. The van der Waals surface area contributed by atoms with E-state index in [2.05, 4.69) is 5.32 Å². The van der Waals surface area contributed by atoms with Crippen LogP contribution in [0, 0.1) is 5.92 Å². The van der Waals surface area contributed by atoms with Crippen LogP contribution in [0.4, 0.5) is 11.4 Å². The maximum atomic E-state index is 12.0. The van der Waals surface area contributed by atoms with Crippen LogP contribution < -0.4 is 15.8 Å². The standard InChI is InChI=1S/C14H20N2O2S/c1-18-13-9-11(15)2-3-12(13)16-14(17)8-10-4-6-19-7-5-10/h2-3,9-10H,4-8,15H2,1H3,(H,16,17). The van der Waals surface area contributed by atoms with Crippen LogP contribution in [0.15, 0.2) is 18.2 Å². The number of nitrogens with one attached hydrogen (secondary N) is 1. The van der Waals surface area contributed by atoms with Crippen LogP contribution in [-0.2, 0) is 4.79 Å². The summed E-state index contributed by atoms with van der Waals surface area (Å²) in [5.74, 6) is 3.51. The molecule has 0 unspecified atom stereocenters. The minimum atomic E-state index is 0.0555. The average Bonchev–Trinajstić information content (AvgIpc) is 2.42. The fourth-order valence-electron chi connectivity index (χ4n) is 2.23. The van der Waals surface area contributed by atoms with Crippen LogP contribution in [0.25, 0.3) is 0 Å². The van der Waals surface area contributed by atoms with E-state index >= 15 is 0 Å². The van der Waals surface area contributed by atoms with Crippen molar-refractivity contribution in [3.63, 3.8) is 0 Å². The fraction of sp³-hybridized carbons (Fsp3) is 0.500. The van der Waals surface area contributed by atoms with Crippen LogP contribution in [0.3, 0.4) is 0 Å². The van der Waals surface area contributed by atoms with E-state index in [1.807, 2.05) is 11.8 Å². The number of nitrogens with two attached hydrogens (primary N) is 1. The van der Waals surface area contributed by atoms with Gasteiger partial charge in [-0.05, 0) is 42.4 Å². The van der Waals surface area contributed by atoms with Gasteiger partial charge in [0.25, 0.3) is 0 Å². The number of thioether (sulfide) groups is 1. The highest BCUT2D eigenvalue weighted by Gasteiger charge is 2.18. The van der Waals surface area contributed by atoms with Crippen molar-refractivity contribution >= 4 is 29.0 Å². The number of carbonyl (C=O) groups excluding carboxylic acids is 1. The molecule has 104 valence electrons. The minimum Gasteiger partial charge on any atom is -0.494 e. The summed E-state index contributed by atoms with van der Waals surface area (Å²) >= 11 is 1.97. The molecule has 0 spiro atoms. The van der Waals surface area contributed by atoms with Gasteiger partial charge in [-0.3, -0.25) is 4.79 Å². The van der Waals surface area contributed by atoms with E-state index in [-0.39, 0.29) is 5.91 Å². The molecule has 19 heavy (non-hydrogen) atoms. The summed E-state index contributed by atoms with van der Waals surface area (Å²) in [4.78, 5) is 12.0. The number of carbonyl (C=O) groups is 1. The highest BCUT2D eigenvalue weighted by Crippen LogP contribution is 2.29. The molecule has 0 aliphatic carbocycles. The SMILES string of the molecule is COc1cc(N)ccc1NC(=O)CC1CCSCC1. The van der Waals surface area contributed by atoms with E-state index in [1.165, 1.54) is 11.5 Å². The topological polar surface area (TPSA) is 64.3 Å². The van der Waals surface area contributed by atoms with Crippen molar-refractivity contribution in [2.75, 3.05) is 29.7 Å². The van der Waals surface area contributed by atoms with E-state index < -0.39 is 0 Å². The predicted molar refractivity (Wildman–Crippen MR) is 80.7 cm³/mol. The van der Waals surface area contributed by atoms with Crippen LogP contribution in [0.5, 0.6) is 5.75 Å².